The number of benzene rings is 2. The fraction of sp³-hybridized carbons (Fsp3) is 0.241. The Labute approximate surface area is 280 Å². The molecule has 0 radical (unpaired) electrons. The van der Waals surface area contributed by atoms with Gasteiger partial charge in [0, 0.05) is 11.6 Å². The summed E-state index contributed by atoms with van der Waals surface area (Å²) in [7, 11) is 0. The van der Waals surface area contributed by atoms with E-state index in [0.717, 1.165) is 35.1 Å². The van der Waals surface area contributed by atoms with Crippen LogP contribution in [0.1, 0.15) is 38.6 Å². The number of carbonyl (C=O) groups is 2. The number of halogens is 5. The molecule has 1 N–H and O–H groups in total. The Bertz CT molecular complexity index is 1840. The van der Waals surface area contributed by atoms with Gasteiger partial charge in [-0.05, 0) is 36.8 Å². The number of fused-ring (bicyclic) bond motifs is 1. The van der Waals surface area contributed by atoms with Gasteiger partial charge in [-0.1, -0.05) is 18.1 Å². The Morgan fingerprint density at radius 3 is 2.52 bits per heavy atom. The molecule has 1 aromatic heterocycles. The second-order valence-electron chi connectivity index (χ2n) is 9.55. The van der Waals surface area contributed by atoms with Crippen LogP contribution in [0.15, 0.2) is 59.4 Å². The Morgan fingerprint density at radius 2 is 1.80 bits per heavy atom. The summed E-state index contributed by atoms with van der Waals surface area (Å²) >= 11 is 0. The fourth-order valence-corrected chi connectivity index (χ4v) is 4.28. The molecule has 2 aliphatic heterocycles. The Morgan fingerprint density at radius 1 is 1.04 bits per heavy atom. The van der Waals surface area contributed by atoms with E-state index in [1.807, 2.05) is 0 Å². The number of alkyl halides is 3. The number of ether oxygens (including phenoxy) is 2. The molecule has 0 aliphatic carbocycles. The largest absolute Gasteiger partial charge is 1.00 e. The molecule has 17 heteroatoms. The van der Waals surface area contributed by atoms with Crippen molar-refractivity contribution in [2.75, 3.05) is 13.2 Å². The first-order valence-corrected chi connectivity index (χ1v) is 13.3. The van der Waals surface area contributed by atoms with Crippen LogP contribution in [0.4, 0.5) is 22.0 Å². The van der Waals surface area contributed by atoms with E-state index < -0.39 is 54.4 Å². The second-order valence-corrected chi connectivity index (χ2v) is 9.55. The third kappa shape index (κ3) is 7.51. The van der Waals surface area contributed by atoms with Crippen molar-refractivity contribution in [1.29, 1.82) is 0 Å². The third-order valence-corrected chi connectivity index (χ3v) is 6.37. The zero-order valence-corrected chi connectivity index (χ0v) is 26.2. The maximum absolute atomic E-state index is 14.4. The molecule has 2 aromatic carbocycles. The van der Waals surface area contributed by atoms with E-state index in [0.29, 0.717) is 6.42 Å². The minimum atomic E-state index is -4.80. The molecule has 5 rings (SSSR count). The number of hydrogen-bond acceptors (Lipinski definition) is 9. The van der Waals surface area contributed by atoms with Crippen LogP contribution in [0.5, 0.6) is 5.75 Å². The molecule has 1 atom stereocenters. The van der Waals surface area contributed by atoms with E-state index in [9.17, 15) is 31.5 Å². The Hall–Kier alpha value is -4.41. The summed E-state index contributed by atoms with van der Waals surface area (Å²) in [5.41, 5.74) is -1.71. The van der Waals surface area contributed by atoms with Gasteiger partial charge in [0.15, 0.2) is 23.2 Å². The van der Waals surface area contributed by atoms with Gasteiger partial charge >= 0.3 is 47.7 Å². The van der Waals surface area contributed by atoms with Gasteiger partial charge in [-0.25, -0.2) is 28.2 Å². The quantitative estimate of drug-likeness (QED) is 0.128. The number of carbonyl (C=O) groups excluding carboxylic acids is 1. The second kappa shape index (κ2) is 14.3. The van der Waals surface area contributed by atoms with E-state index >= 15 is 0 Å². The minimum Gasteiger partial charge on any atom is -1.00 e. The number of hydrogen-bond donors (Lipinski definition) is 1. The minimum absolute atomic E-state index is 0. The van der Waals surface area contributed by atoms with Crippen LogP contribution in [0.3, 0.4) is 0 Å². The van der Waals surface area contributed by atoms with Gasteiger partial charge in [-0.3, -0.25) is 4.79 Å². The molecule has 0 fully saturated rings. The molecule has 0 saturated carbocycles. The number of imidazole rings is 1. The summed E-state index contributed by atoms with van der Waals surface area (Å²) < 4.78 is 86.9. The standard InChI is InChI=1S/C29H22F5N5O6.Na.H/c1-2-9-43-15-6-7-16(18(11-15)29(32,33)34)20-12-23(45-38-20)26(28(42)44-10-8-24(40)41)39-14-22-21(13-35-39)36-27(37-22)17-4-3-5-19(30)25(17)31;;/h3-7,11-14,26H,2,8-10H2,1H3,(H,40,41);;/q;+1;-1. The van der Waals surface area contributed by atoms with Crippen LogP contribution in [0.25, 0.3) is 34.0 Å². The number of aromatic nitrogens is 5. The van der Waals surface area contributed by atoms with E-state index in [2.05, 4.69) is 20.2 Å². The fourth-order valence-electron chi connectivity index (χ4n) is 4.28. The molecule has 1 unspecified atom stereocenters. The first-order valence-electron chi connectivity index (χ1n) is 13.3. The molecule has 0 bridgehead atoms. The summed E-state index contributed by atoms with van der Waals surface area (Å²) in [5.74, 6) is -5.09. The number of esters is 1. The summed E-state index contributed by atoms with van der Waals surface area (Å²) in [6.45, 7) is 1.47. The van der Waals surface area contributed by atoms with Crippen molar-refractivity contribution in [2.45, 2.75) is 32.0 Å². The maximum atomic E-state index is 14.4. The average molecular weight is 656 g/mol. The van der Waals surface area contributed by atoms with E-state index in [1.54, 1.807) is 6.92 Å². The first kappa shape index (κ1) is 34.5. The van der Waals surface area contributed by atoms with Gasteiger partial charge in [0.25, 0.3) is 0 Å². The van der Waals surface area contributed by atoms with Crippen LogP contribution in [0, 0.1) is 11.6 Å². The molecule has 236 valence electrons. The van der Waals surface area contributed by atoms with Crippen molar-refractivity contribution >= 4 is 11.9 Å². The van der Waals surface area contributed by atoms with Gasteiger partial charge in [-0.2, -0.15) is 18.3 Å². The molecule has 0 saturated heterocycles. The van der Waals surface area contributed by atoms with Crippen molar-refractivity contribution in [1.82, 2.24) is 24.9 Å². The number of rotatable bonds is 11. The molecule has 2 aliphatic rings. The predicted molar refractivity (Wildman–Crippen MR) is 145 cm³/mol. The summed E-state index contributed by atoms with van der Waals surface area (Å²) in [6.07, 6.45) is -2.39. The monoisotopic (exact) mass is 655 g/mol. The number of aliphatic carboxylic acids is 1. The SMILES string of the molecule is CCCOc1ccc(-c2cc(C(C(=O)OCCC(=O)O)n3cc4nc(-c5cccc(F)c5F)nc-4cn3)on2)c(C(F)(F)F)c1.[H-].[Na+]. The molecular formula is C29H23F5N5NaO6. The smallest absolute Gasteiger partial charge is 1.00 e. The van der Waals surface area contributed by atoms with Gasteiger partial charge in [-0.15, -0.1) is 0 Å². The molecule has 0 spiro atoms. The van der Waals surface area contributed by atoms with Gasteiger partial charge < -0.3 is 20.5 Å². The topological polar surface area (TPSA) is 142 Å². The van der Waals surface area contributed by atoms with Crippen LogP contribution < -0.4 is 34.3 Å². The van der Waals surface area contributed by atoms with Crippen LogP contribution in [-0.2, 0) is 20.5 Å². The van der Waals surface area contributed by atoms with Crippen LogP contribution >= 0.6 is 0 Å². The molecular weight excluding hydrogens is 632 g/mol. The van der Waals surface area contributed by atoms with Crippen LogP contribution in [0.2, 0.25) is 0 Å². The number of nitrogens with zero attached hydrogens (tertiary/aromatic N) is 5. The molecule has 11 nitrogen and oxygen atoms in total. The van der Waals surface area contributed by atoms with Gasteiger partial charge in [0.05, 0.1) is 36.5 Å². The van der Waals surface area contributed by atoms with E-state index in [4.69, 9.17) is 19.1 Å². The molecule has 46 heavy (non-hydrogen) atoms. The van der Waals surface area contributed by atoms with Crippen molar-refractivity contribution in [3.63, 3.8) is 0 Å². The zero-order valence-electron chi connectivity index (χ0n) is 25.2. The van der Waals surface area contributed by atoms with Crippen molar-refractivity contribution < 1.29 is 81.6 Å². The van der Waals surface area contributed by atoms with Crippen LogP contribution in [-0.4, -0.2) is 55.2 Å². The normalized spacial score (nSPS) is 12.0. The first-order chi connectivity index (χ1) is 21.5. The van der Waals surface area contributed by atoms with Crippen molar-refractivity contribution in [3.8, 4) is 39.8 Å². The summed E-state index contributed by atoms with van der Waals surface area (Å²) in [4.78, 5) is 32.5. The van der Waals surface area contributed by atoms with Crippen molar-refractivity contribution in [3.05, 3.63) is 77.8 Å². The Kier molecular flexibility index (Phi) is 10.7. The predicted octanol–water partition coefficient (Wildman–Crippen LogP) is 2.91. The molecule has 0 amide bonds. The van der Waals surface area contributed by atoms with Crippen molar-refractivity contribution in [2.24, 2.45) is 0 Å². The number of carboxylic acids is 1. The van der Waals surface area contributed by atoms with Gasteiger partial charge in [0.1, 0.15) is 29.4 Å². The summed E-state index contributed by atoms with van der Waals surface area (Å²) in [5, 5.41) is 16.8. The average Bonchev–Trinajstić information content (AvgIpc) is 3.64. The molecule has 3 aromatic rings. The van der Waals surface area contributed by atoms with Gasteiger partial charge in [0.2, 0.25) is 6.04 Å². The zero-order chi connectivity index (χ0) is 32.3. The molecule has 3 heterocycles. The number of carboxylic acid groups (broad SMARTS) is 1. The summed E-state index contributed by atoms with van der Waals surface area (Å²) in [6, 6.07) is 6.26. The maximum Gasteiger partial charge on any atom is 1.00 e. The van der Waals surface area contributed by atoms with E-state index in [1.165, 1.54) is 24.4 Å². The third-order valence-electron chi connectivity index (χ3n) is 6.37. The van der Waals surface area contributed by atoms with E-state index in [-0.39, 0.29) is 83.1 Å². The Balaban J connectivity index is 0.00000300.